The molecular formula is C11H20N4O3. The molecule has 0 saturated carbocycles. The van der Waals surface area contributed by atoms with Gasteiger partial charge in [-0.05, 0) is 12.8 Å². The van der Waals surface area contributed by atoms with E-state index in [4.69, 9.17) is 0 Å². The summed E-state index contributed by atoms with van der Waals surface area (Å²) in [5, 5.41) is 17.9. The van der Waals surface area contributed by atoms with Gasteiger partial charge < -0.3 is 21.1 Å². The first-order valence-corrected chi connectivity index (χ1v) is 6.36. The summed E-state index contributed by atoms with van der Waals surface area (Å²) in [6, 6.07) is -0.665. The predicted octanol–water partition coefficient (Wildman–Crippen LogP) is 0.267. The molecule has 2 heterocycles. The van der Waals surface area contributed by atoms with Crippen LogP contribution in [-0.2, 0) is 0 Å². The van der Waals surface area contributed by atoms with E-state index < -0.39 is 18.1 Å². The van der Waals surface area contributed by atoms with Crippen LogP contribution in [0.2, 0.25) is 0 Å². The van der Waals surface area contributed by atoms with Gasteiger partial charge in [-0.2, -0.15) is 0 Å². The minimum atomic E-state index is -0.874. The predicted molar refractivity (Wildman–Crippen MR) is 64.4 cm³/mol. The molecule has 0 aliphatic carbocycles. The highest BCUT2D eigenvalue weighted by Crippen LogP contribution is 2.40. The van der Waals surface area contributed by atoms with E-state index >= 15 is 0 Å². The SMILES string of the molecule is CCCC12NC(=O)NC1(CCC)N(CO)C(=O)N2. The van der Waals surface area contributed by atoms with Crippen LogP contribution in [0, 0.1) is 0 Å². The molecule has 2 rings (SSSR count). The van der Waals surface area contributed by atoms with Crippen LogP contribution in [0.15, 0.2) is 0 Å². The number of nitrogens with one attached hydrogen (secondary N) is 3. The lowest BCUT2D eigenvalue weighted by Gasteiger charge is -2.41. The maximum atomic E-state index is 11.9. The minimum Gasteiger partial charge on any atom is -0.376 e. The van der Waals surface area contributed by atoms with E-state index in [0.717, 1.165) is 12.8 Å². The number of rotatable bonds is 5. The van der Waals surface area contributed by atoms with Gasteiger partial charge in [-0.3, -0.25) is 4.90 Å². The van der Waals surface area contributed by atoms with Gasteiger partial charge in [0, 0.05) is 0 Å². The highest BCUT2D eigenvalue weighted by molar-refractivity contribution is 5.88. The van der Waals surface area contributed by atoms with Gasteiger partial charge in [-0.15, -0.1) is 0 Å². The summed E-state index contributed by atoms with van der Waals surface area (Å²) >= 11 is 0. The van der Waals surface area contributed by atoms with Crippen LogP contribution < -0.4 is 16.0 Å². The Hall–Kier alpha value is -1.50. The molecule has 2 saturated heterocycles. The first-order chi connectivity index (χ1) is 8.55. The van der Waals surface area contributed by atoms with Crippen LogP contribution in [0.3, 0.4) is 0 Å². The fraction of sp³-hybridized carbons (Fsp3) is 0.818. The molecule has 102 valence electrons. The number of amides is 4. The molecule has 7 heteroatoms. The molecule has 0 spiro atoms. The lowest BCUT2D eigenvalue weighted by atomic mass is 9.87. The first-order valence-electron chi connectivity index (χ1n) is 6.36. The molecule has 2 atom stereocenters. The van der Waals surface area contributed by atoms with E-state index in [1.54, 1.807) is 0 Å². The number of aliphatic hydroxyl groups is 1. The summed E-state index contributed by atoms with van der Waals surface area (Å²) in [6.45, 7) is 3.55. The van der Waals surface area contributed by atoms with Gasteiger partial charge in [-0.1, -0.05) is 26.7 Å². The van der Waals surface area contributed by atoms with Crippen LogP contribution in [0.5, 0.6) is 0 Å². The molecule has 0 aromatic rings. The summed E-state index contributed by atoms with van der Waals surface area (Å²) in [5.74, 6) is 0. The van der Waals surface area contributed by atoms with Gasteiger partial charge in [0.15, 0.2) is 11.3 Å². The molecule has 2 fully saturated rings. The zero-order valence-electron chi connectivity index (χ0n) is 10.7. The van der Waals surface area contributed by atoms with Crippen molar-refractivity contribution >= 4 is 12.1 Å². The third-order valence-electron chi connectivity index (χ3n) is 3.76. The van der Waals surface area contributed by atoms with Gasteiger partial charge in [0.2, 0.25) is 0 Å². The van der Waals surface area contributed by atoms with Crippen LogP contribution in [0.25, 0.3) is 0 Å². The molecular weight excluding hydrogens is 236 g/mol. The fourth-order valence-electron chi connectivity index (χ4n) is 3.14. The number of urea groups is 2. The molecule has 0 bridgehead atoms. The summed E-state index contributed by atoms with van der Waals surface area (Å²) in [4.78, 5) is 24.9. The lowest BCUT2D eigenvalue weighted by molar-refractivity contribution is 0.0146. The number of carbonyl (C=O) groups is 2. The number of hydrogen-bond donors (Lipinski definition) is 4. The summed E-state index contributed by atoms with van der Waals surface area (Å²) in [6.07, 6.45) is 2.81. The monoisotopic (exact) mass is 256 g/mol. The third-order valence-corrected chi connectivity index (χ3v) is 3.76. The average molecular weight is 256 g/mol. The van der Waals surface area contributed by atoms with E-state index in [1.165, 1.54) is 4.90 Å². The highest BCUT2D eigenvalue weighted by Gasteiger charge is 2.67. The Labute approximate surface area is 106 Å². The Morgan fingerprint density at radius 3 is 2.33 bits per heavy atom. The number of fused-ring (bicyclic) bond motifs is 1. The first kappa shape index (κ1) is 12.9. The third kappa shape index (κ3) is 1.46. The summed E-state index contributed by atoms with van der Waals surface area (Å²) in [7, 11) is 0. The Kier molecular flexibility index (Phi) is 3.10. The Morgan fingerprint density at radius 2 is 1.78 bits per heavy atom. The standard InChI is InChI=1S/C11H20N4O3/c1-3-5-10-11(6-4-2,13-8(17)12-10)15(7-16)9(18)14-10/h16H,3-7H2,1-2H3,(H,14,18)(H2,12,13,17). The zero-order chi connectivity index (χ0) is 13.4. The van der Waals surface area contributed by atoms with Crippen molar-refractivity contribution < 1.29 is 14.7 Å². The molecule has 4 N–H and O–H groups in total. The van der Waals surface area contributed by atoms with E-state index in [2.05, 4.69) is 16.0 Å². The molecule has 2 aliphatic rings. The zero-order valence-corrected chi connectivity index (χ0v) is 10.7. The van der Waals surface area contributed by atoms with Crippen molar-refractivity contribution in [3.63, 3.8) is 0 Å². The second kappa shape index (κ2) is 4.31. The number of carbonyl (C=O) groups excluding carboxylic acids is 2. The number of nitrogens with zero attached hydrogens (tertiary/aromatic N) is 1. The Balaban J connectivity index is 2.46. The maximum absolute atomic E-state index is 11.9. The van der Waals surface area contributed by atoms with Crippen molar-refractivity contribution in [3.05, 3.63) is 0 Å². The van der Waals surface area contributed by atoms with Gasteiger partial charge in [0.05, 0.1) is 0 Å². The van der Waals surface area contributed by atoms with Crippen molar-refractivity contribution in [3.8, 4) is 0 Å². The van der Waals surface area contributed by atoms with Gasteiger partial charge in [0.25, 0.3) is 0 Å². The van der Waals surface area contributed by atoms with Gasteiger partial charge in [0.1, 0.15) is 6.73 Å². The molecule has 0 aromatic carbocycles. The van der Waals surface area contributed by atoms with Crippen molar-refractivity contribution in [1.82, 2.24) is 20.9 Å². The quantitative estimate of drug-likeness (QED) is 0.568. The second-order valence-electron chi connectivity index (χ2n) is 4.84. The van der Waals surface area contributed by atoms with Crippen LogP contribution in [0.4, 0.5) is 9.59 Å². The van der Waals surface area contributed by atoms with Crippen molar-refractivity contribution in [2.45, 2.75) is 50.9 Å². The largest absolute Gasteiger partial charge is 0.376 e. The molecule has 4 amide bonds. The summed E-state index contributed by atoms with van der Waals surface area (Å²) in [5.41, 5.74) is -1.70. The minimum absolute atomic E-state index is 0.310. The van der Waals surface area contributed by atoms with E-state index in [-0.39, 0.29) is 12.1 Å². The molecule has 7 nitrogen and oxygen atoms in total. The number of hydrogen-bond acceptors (Lipinski definition) is 3. The van der Waals surface area contributed by atoms with Crippen LogP contribution in [-0.4, -0.2) is 40.1 Å². The molecule has 0 radical (unpaired) electrons. The Morgan fingerprint density at radius 1 is 1.11 bits per heavy atom. The van der Waals surface area contributed by atoms with Crippen molar-refractivity contribution in [2.24, 2.45) is 0 Å². The fourth-order valence-corrected chi connectivity index (χ4v) is 3.14. The van der Waals surface area contributed by atoms with Crippen LogP contribution in [0.1, 0.15) is 39.5 Å². The van der Waals surface area contributed by atoms with Crippen LogP contribution >= 0.6 is 0 Å². The smallest absolute Gasteiger partial charge is 0.323 e. The normalized spacial score (nSPS) is 34.1. The molecule has 18 heavy (non-hydrogen) atoms. The maximum Gasteiger partial charge on any atom is 0.323 e. The number of aliphatic hydroxyl groups excluding tert-OH is 1. The van der Waals surface area contributed by atoms with Crippen molar-refractivity contribution in [1.29, 1.82) is 0 Å². The van der Waals surface area contributed by atoms with Gasteiger partial charge >= 0.3 is 12.1 Å². The van der Waals surface area contributed by atoms with Crippen molar-refractivity contribution in [2.75, 3.05) is 6.73 Å². The average Bonchev–Trinajstić information content (AvgIpc) is 2.63. The molecule has 0 aromatic heterocycles. The topological polar surface area (TPSA) is 93.7 Å². The highest BCUT2D eigenvalue weighted by atomic mass is 16.3. The van der Waals surface area contributed by atoms with Gasteiger partial charge in [-0.25, -0.2) is 9.59 Å². The van der Waals surface area contributed by atoms with E-state index in [9.17, 15) is 14.7 Å². The Bertz CT molecular complexity index is 375. The molecule has 2 unspecified atom stereocenters. The lowest BCUT2D eigenvalue weighted by Crippen LogP contribution is -2.66. The summed E-state index contributed by atoms with van der Waals surface area (Å²) < 4.78 is 0. The van der Waals surface area contributed by atoms with E-state index in [0.29, 0.717) is 12.8 Å². The second-order valence-corrected chi connectivity index (χ2v) is 4.84. The molecule has 2 aliphatic heterocycles. The van der Waals surface area contributed by atoms with E-state index in [1.807, 2.05) is 13.8 Å².